The zero-order valence-electron chi connectivity index (χ0n) is 25.9. The van der Waals surface area contributed by atoms with Gasteiger partial charge in [0.25, 0.3) is 5.91 Å². The first kappa shape index (κ1) is 35.0. The van der Waals surface area contributed by atoms with Crippen LogP contribution in [-0.2, 0) is 14.4 Å². The second-order valence-corrected chi connectivity index (χ2v) is 12.4. The first-order chi connectivity index (χ1) is 20.9. The van der Waals surface area contributed by atoms with Crippen molar-refractivity contribution < 1.29 is 34.2 Å². The molecule has 1 aromatic carbocycles. The highest BCUT2D eigenvalue weighted by atomic mass is 79.9. The average molecular weight is 676 g/mol. The molecular weight excluding hydrogens is 632 g/mol. The third-order valence-corrected chi connectivity index (χ3v) is 9.05. The molecule has 11 nitrogen and oxygen atoms in total. The SMILES string of the molecule is CCO/N=C(/c1ccc(Br)cc1)C1CCN(C2(C)CCN(C(=O)c3c(C)cc[n+]([O-])c3C)CC2)CC1.O=C(O)CCC(=O)O. The van der Waals surface area contributed by atoms with Crippen LogP contribution in [0.3, 0.4) is 0 Å². The van der Waals surface area contributed by atoms with E-state index in [1.165, 1.54) is 6.20 Å². The molecule has 2 aliphatic rings. The molecule has 0 radical (unpaired) electrons. The zero-order chi connectivity index (χ0) is 32.4. The van der Waals surface area contributed by atoms with Gasteiger partial charge in [-0.15, -0.1) is 0 Å². The summed E-state index contributed by atoms with van der Waals surface area (Å²) in [5.41, 5.74) is 4.11. The number of oxime groups is 1. The summed E-state index contributed by atoms with van der Waals surface area (Å²) in [4.78, 5) is 42.6. The van der Waals surface area contributed by atoms with Crippen LogP contribution in [0.2, 0.25) is 0 Å². The van der Waals surface area contributed by atoms with Crippen LogP contribution in [0.15, 0.2) is 46.2 Å². The van der Waals surface area contributed by atoms with E-state index in [0.29, 0.717) is 36.9 Å². The molecule has 0 spiro atoms. The number of carboxylic acid groups (broad SMARTS) is 2. The van der Waals surface area contributed by atoms with Crippen LogP contribution in [0, 0.1) is 25.0 Å². The van der Waals surface area contributed by atoms with Gasteiger partial charge in [0.2, 0.25) is 5.69 Å². The minimum absolute atomic E-state index is 0.0257. The summed E-state index contributed by atoms with van der Waals surface area (Å²) in [5, 5.41) is 32.4. The minimum Gasteiger partial charge on any atom is -0.618 e. The molecular formula is C32H43BrN4O7. The smallest absolute Gasteiger partial charge is 0.303 e. The van der Waals surface area contributed by atoms with Crippen LogP contribution in [0.1, 0.15) is 79.6 Å². The number of nitrogens with zero attached hydrogens (tertiary/aromatic N) is 4. The van der Waals surface area contributed by atoms with Crippen LogP contribution >= 0.6 is 15.9 Å². The number of carbonyl (C=O) groups excluding carboxylic acids is 1. The van der Waals surface area contributed by atoms with Crippen LogP contribution in [0.25, 0.3) is 0 Å². The molecule has 0 aliphatic carbocycles. The zero-order valence-corrected chi connectivity index (χ0v) is 27.5. The molecule has 2 saturated heterocycles. The summed E-state index contributed by atoms with van der Waals surface area (Å²) in [6, 6.07) is 10.0. The Kier molecular flexibility index (Phi) is 12.7. The predicted octanol–water partition coefficient (Wildman–Crippen LogP) is 4.78. The number of likely N-dealkylation sites (tertiary alicyclic amines) is 2. The second-order valence-electron chi connectivity index (χ2n) is 11.5. The molecule has 1 amide bonds. The number of amides is 1. The van der Waals surface area contributed by atoms with E-state index in [1.807, 2.05) is 18.7 Å². The fraction of sp³-hybridized carbons (Fsp3) is 0.531. The summed E-state index contributed by atoms with van der Waals surface area (Å²) >= 11 is 3.52. The third-order valence-electron chi connectivity index (χ3n) is 8.52. The van der Waals surface area contributed by atoms with Crippen molar-refractivity contribution in [2.75, 3.05) is 32.8 Å². The van der Waals surface area contributed by atoms with Gasteiger partial charge in [-0.3, -0.25) is 19.3 Å². The number of rotatable bonds is 9. The summed E-state index contributed by atoms with van der Waals surface area (Å²) in [6.07, 6.45) is 4.80. The van der Waals surface area contributed by atoms with E-state index < -0.39 is 11.9 Å². The third kappa shape index (κ3) is 9.25. The molecule has 3 heterocycles. The van der Waals surface area contributed by atoms with Gasteiger partial charge >= 0.3 is 11.9 Å². The summed E-state index contributed by atoms with van der Waals surface area (Å²) in [7, 11) is 0. The van der Waals surface area contributed by atoms with Gasteiger partial charge in [0.15, 0.2) is 6.20 Å². The molecule has 2 aliphatic heterocycles. The van der Waals surface area contributed by atoms with Gasteiger partial charge in [-0.1, -0.05) is 33.2 Å². The Morgan fingerprint density at radius 3 is 2.11 bits per heavy atom. The van der Waals surface area contributed by atoms with Gasteiger partial charge in [-0.05, 0) is 82.8 Å². The lowest BCUT2D eigenvalue weighted by Crippen LogP contribution is -2.57. The number of hydrogen-bond donors (Lipinski definition) is 2. The molecule has 2 N–H and O–H groups in total. The minimum atomic E-state index is -1.08. The molecule has 240 valence electrons. The number of aryl methyl sites for hydroxylation is 1. The van der Waals surface area contributed by atoms with E-state index in [9.17, 15) is 19.6 Å². The highest BCUT2D eigenvalue weighted by molar-refractivity contribution is 9.10. The molecule has 4 rings (SSSR count). The van der Waals surface area contributed by atoms with Crippen LogP contribution in [-0.4, -0.2) is 81.9 Å². The first-order valence-corrected chi connectivity index (χ1v) is 15.8. The fourth-order valence-corrected chi connectivity index (χ4v) is 6.05. The molecule has 0 saturated carbocycles. The first-order valence-electron chi connectivity index (χ1n) is 15.0. The monoisotopic (exact) mass is 674 g/mol. The largest absolute Gasteiger partial charge is 0.618 e. The predicted molar refractivity (Wildman–Crippen MR) is 170 cm³/mol. The Morgan fingerprint density at radius 1 is 1.02 bits per heavy atom. The van der Waals surface area contributed by atoms with Crippen LogP contribution < -0.4 is 4.73 Å². The molecule has 44 heavy (non-hydrogen) atoms. The Bertz CT molecular complexity index is 1320. The lowest BCUT2D eigenvalue weighted by molar-refractivity contribution is -0.612. The van der Waals surface area contributed by atoms with Gasteiger partial charge in [0.1, 0.15) is 12.2 Å². The van der Waals surface area contributed by atoms with E-state index in [4.69, 9.17) is 15.1 Å². The lowest BCUT2D eigenvalue weighted by atomic mass is 9.82. The molecule has 1 aromatic heterocycles. The Morgan fingerprint density at radius 2 is 1.59 bits per heavy atom. The summed E-state index contributed by atoms with van der Waals surface area (Å²) < 4.78 is 1.84. The van der Waals surface area contributed by atoms with E-state index >= 15 is 0 Å². The molecule has 2 fully saturated rings. The van der Waals surface area contributed by atoms with E-state index in [-0.39, 0.29) is 24.3 Å². The number of carbonyl (C=O) groups is 3. The van der Waals surface area contributed by atoms with Crippen molar-refractivity contribution in [2.24, 2.45) is 11.1 Å². The van der Waals surface area contributed by atoms with Crippen molar-refractivity contribution in [3.8, 4) is 0 Å². The number of hydrogen-bond acceptors (Lipinski definition) is 7. The lowest BCUT2D eigenvalue weighted by Gasteiger charge is -2.49. The van der Waals surface area contributed by atoms with E-state index in [0.717, 1.165) is 64.8 Å². The Balaban J connectivity index is 0.000000583. The maximum absolute atomic E-state index is 13.3. The fourth-order valence-electron chi connectivity index (χ4n) is 5.78. The highest BCUT2D eigenvalue weighted by Crippen LogP contribution is 2.34. The Labute approximate surface area is 267 Å². The molecule has 0 atom stereocenters. The van der Waals surface area contributed by atoms with Crippen molar-refractivity contribution in [3.05, 3.63) is 68.6 Å². The number of piperidine rings is 2. The topological polar surface area (TPSA) is 147 Å². The van der Waals surface area contributed by atoms with Crippen LogP contribution in [0.5, 0.6) is 0 Å². The van der Waals surface area contributed by atoms with E-state index in [2.05, 4.69) is 57.2 Å². The highest BCUT2D eigenvalue weighted by Gasteiger charge is 2.40. The van der Waals surface area contributed by atoms with Gasteiger partial charge in [-0.25, -0.2) is 0 Å². The van der Waals surface area contributed by atoms with Gasteiger partial charge < -0.3 is 25.2 Å². The Hall–Kier alpha value is -3.51. The van der Waals surface area contributed by atoms with Crippen LogP contribution in [0.4, 0.5) is 0 Å². The van der Waals surface area contributed by atoms with Gasteiger partial charge in [-0.2, -0.15) is 4.73 Å². The van der Waals surface area contributed by atoms with Crippen molar-refractivity contribution in [1.82, 2.24) is 9.80 Å². The van der Waals surface area contributed by atoms with Crippen molar-refractivity contribution in [2.45, 2.75) is 71.8 Å². The molecule has 0 bridgehead atoms. The second kappa shape index (κ2) is 16.0. The average Bonchev–Trinajstić information content (AvgIpc) is 3.00. The van der Waals surface area contributed by atoms with E-state index in [1.54, 1.807) is 13.0 Å². The number of pyridine rings is 1. The summed E-state index contributed by atoms with van der Waals surface area (Å²) in [5.74, 6) is -1.82. The normalized spacial score (nSPS) is 17.4. The molecule has 2 aromatic rings. The van der Waals surface area contributed by atoms with Crippen molar-refractivity contribution in [3.63, 3.8) is 0 Å². The van der Waals surface area contributed by atoms with Crippen molar-refractivity contribution >= 4 is 39.5 Å². The van der Waals surface area contributed by atoms with Gasteiger partial charge in [0.05, 0.1) is 18.6 Å². The summed E-state index contributed by atoms with van der Waals surface area (Å²) in [6.45, 7) is 11.9. The standard InChI is InChI=1S/C28H37BrN4O3.C4H6O4/c1-5-36-30-26(22-6-8-24(29)9-7-22)23-11-15-32(16-12-23)28(4)13-18-31(19-14-28)27(34)25-20(2)10-17-33(35)21(25)3;5-3(6)1-2-4(7)8/h6-10,17,23H,5,11-16,18-19H2,1-4H3;1-2H2,(H,5,6)(H,7,8)/b30-26-;. The number of benzene rings is 1. The maximum Gasteiger partial charge on any atom is 0.303 e. The van der Waals surface area contributed by atoms with Crippen molar-refractivity contribution in [1.29, 1.82) is 0 Å². The number of aliphatic carboxylic acids is 2. The maximum atomic E-state index is 13.3. The quantitative estimate of drug-likeness (QED) is 0.167. The number of aromatic nitrogens is 1. The van der Waals surface area contributed by atoms with Gasteiger partial charge in [0, 0.05) is 42.0 Å². The molecule has 12 heteroatoms. The number of carboxylic acids is 2. The molecule has 0 unspecified atom stereocenters. The number of halogens is 1.